The molecule has 0 aliphatic carbocycles. The lowest BCUT2D eigenvalue weighted by atomic mass is 9.89. The summed E-state index contributed by atoms with van der Waals surface area (Å²) in [7, 11) is 1.57. The maximum Gasteiger partial charge on any atom is 0.325 e. The molecule has 258 valence electrons. The highest BCUT2D eigenvalue weighted by atomic mass is 35.6. The number of ether oxygens (including phenoxy) is 1. The Balaban J connectivity index is 1.67. The zero-order chi connectivity index (χ0) is 35.3. The summed E-state index contributed by atoms with van der Waals surface area (Å²) < 4.78 is 3.29. The summed E-state index contributed by atoms with van der Waals surface area (Å²) in [6, 6.07) is 4.89. The zero-order valence-corrected chi connectivity index (χ0v) is 30.0. The molecule has 1 saturated heterocycles. The van der Waals surface area contributed by atoms with Crippen LogP contribution in [0.15, 0.2) is 36.5 Å². The van der Waals surface area contributed by atoms with Gasteiger partial charge in [0.1, 0.15) is 24.7 Å². The van der Waals surface area contributed by atoms with Gasteiger partial charge in [0.25, 0.3) is 5.91 Å². The van der Waals surface area contributed by atoms with Crippen molar-refractivity contribution < 1.29 is 29.0 Å². The normalized spacial score (nSPS) is 17.8. The molecule has 3 N–H and O–H groups in total. The lowest BCUT2D eigenvalue weighted by Crippen LogP contribution is -2.61. The van der Waals surface area contributed by atoms with Gasteiger partial charge in [-0.05, 0) is 75.6 Å². The highest BCUT2D eigenvalue weighted by Gasteiger charge is 2.38. The van der Waals surface area contributed by atoms with Crippen LogP contribution < -0.4 is 10.7 Å². The number of aliphatic hydroxyl groups is 1. The lowest BCUT2D eigenvalue weighted by Gasteiger charge is -2.37. The molecule has 1 aliphatic rings. The number of hydrazine groups is 1. The predicted octanol–water partition coefficient (Wildman–Crippen LogP) is 4.72. The Morgan fingerprint density at radius 3 is 2.45 bits per heavy atom. The molecule has 3 rings (SSSR count). The summed E-state index contributed by atoms with van der Waals surface area (Å²) >= 11 is 17.0. The number of aliphatic hydroxyl groups excluding tert-OH is 1. The minimum absolute atomic E-state index is 0.276. The second-order valence-corrected chi connectivity index (χ2v) is 15.3. The van der Waals surface area contributed by atoms with Crippen molar-refractivity contribution >= 4 is 75.3 Å². The van der Waals surface area contributed by atoms with Crippen molar-refractivity contribution in [3.05, 3.63) is 47.8 Å². The number of nitrogens with one attached hydrogen (secondary N) is 2. The van der Waals surface area contributed by atoms with Crippen LogP contribution in [0.2, 0.25) is 0 Å². The average Bonchev–Trinajstić information content (AvgIpc) is 3.00. The summed E-state index contributed by atoms with van der Waals surface area (Å²) in [6.07, 6.45) is 5.57. The molecule has 0 saturated carbocycles. The Labute approximate surface area is 290 Å². The standard InChI is InChI=1S/C33H44Cl3N5O6/c1-19(2)27(28(43)38-20(3)29(44)41-14-8-9-26(39-41)30(45)47-18-33(34,35)36)40(7)31(46)32(5,6)13-12-25-16-24-15-22(21(4)42)10-11-23(24)17-37-25/h10-13,15-17,19-21,26-27,39,42H,8-9,14,18H2,1-7H3,(H,38,43). The van der Waals surface area contributed by atoms with E-state index in [4.69, 9.17) is 39.5 Å². The molecule has 1 aromatic carbocycles. The number of esters is 1. The summed E-state index contributed by atoms with van der Waals surface area (Å²) in [4.78, 5) is 58.8. The van der Waals surface area contributed by atoms with Crippen molar-refractivity contribution in [1.82, 2.24) is 25.6 Å². The van der Waals surface area contributed by atoms with E-state index in [2.05, 4.69) is 15.7 Å². The van der Waals surface area contributed by atoms with Gasteiger partial charge in [-0.15, -0.1) is 0 Å². The van der Waals surface area contributed by atoms with E-state index in [0.717, 1.165) is 16.3 Å². The molecule has 0 bridgehead atoms. The summed E-state index contributed by atoms with van der Waals surface area (Å²) in [5.74, 6) is -2.18. The van der Waals surface area contributed by atoms with Crippen LogP contribution in [0.25, 0.3) is 16.8 Å². The Morgan fingerprint density at radius 2 is 1.83 bits per heavy atom. The molecule has 11 nitrogen and oxygen atoms in total. The number of carbonyl (C=O) groups is 4. The van der Waals surface area contributed by atoms with Gasteiger partial charge in [-0.3, -0.25) is 29.2 Å². The molecule has 4 unspecified atom stereocenters. The van der Waals surface area contributed by atoms with Gasteiger partial charge in [-0.1, -0.05) is 66.9 Å². The van der Waals surface area contributed by atoms with Crippen LogP contribution in [-0.2, 0) is 23.9 Å². The van der Waals surface area contributed by atoms with Crippen molar-refractivity contribution in [1.29, 1.82) is 0 Å². The number of hydrogen-bond acceptors (Lipinski definition) is 8. The third kappa shape index (κ3) is 10.5. The first kappa shape index (κ1) is 38.5. The van der Waals surface area contributed by atoms with Crippen LogP contribution in [-0.4, -0.2) is 85.8 Å². The maximum atomic E-state index is 13.7. The number of rotatable bonds is 11. The Bertz CT molecular complexity index is 1490. The van der Waals surface area contributed by atoms with E-state index in [1.54, 1.807) is 53.1 Å². The van der Waals surface area contributed by atoms with Gasteiger partial charge < -0.3 is 20.1 Å². The highest BCUT2D eigenvalue weighted by molar-refractivity contribution is 6.67. The van der Waals surface area contributed by atoms with Crippen molar-refractivity contribution in [2.24, 2.45) is 11.3 Å². The largest absolute Gasteiger partial charge is 0.460 e. The van der Waals surface area contributed by atoms with Crippen LogP contribution >= 0.6 is 34.8 Å². The van der Waals surface area contributed by atoms with Crippen molar-refractivity contribution in [3.63, 3.8) is 0 Å². The number of benzene rings is 1. The van der Waals surface area contributed by atoms with Crippen LogP contribution in [0.5, 0.6) is 0 Å². The van der Waals surface area contributed by atoms with Crippen molar-refractivity contribution in [3.8, 4) is 0 Å². The number of pyridine rings is 1. The smallest absolute Gasteiger partial charge is 0.325 e. The van der Waals surface area contributed by atoms with Crippen LogP contribution in [0.1, 0.15) is 71.7 Å². The molecule has 0 spiro atoms. The number of nitrogens with zero attached hydrogens (tertiary/aromatic N) is 3. The second-order valence-electron chi connectivity index (χ2n) is 12.8. The van der Waals surface area contributed by atoms with E-state index < -0.39 is 57.8 Å². The second kappa shape index (κ2) is 16.0. The topological polar surface area (TPSA) is 141 Å². The molecule has 3 amide bonds. The number of carbonyl (C=O) groups excluding carboxylic acids is 4. The monoisotopic (exact) mass is 711 g/mol. The summed E-state index contributed by atoms with van der Waals surface area (Å²) in [5.41, 5.74) is 3.27. The van der Waals surface area contributed by atoms with Crippen molar-refractivity contribution in [2.75, 3.05) is 20.2 Å². The number of fused-ring (bicyclic) bond motifs is 1. The minimum Gasteiger partial charge on any atom is -0.460 e. The van der Waals surface area contributed by atoms with Gasteiger partial charge in [0.2, 0.25) is 15.6 Å². The number of likely N-dealkylation sites (N-methyl/N-ethyl adjacent to an activating group) is 1. The number of hydrogen-bond donors (Lipinski definition) is 3. The van der Waals surface area contributed by atoms with E-state index in [-0.39, 0.29) is 11.8 Å². The van der Waals surface area contributed by atoms with Crippen molar-refractivity contribution in [2.45, 2.75) is 82.4 Å². The first-order valence-electron chi connectivity index (χ1n) is 15.5. The van der Waals surface area contributed by atoms with Gasteiger partial charge in [0.15, 0.2) is 0 Å². The van der Waals surface area contributed by atoms with Crippen LogP contribution in [0.3, 0.4) is 0 Å². The Kier molecular flexibility index (Phi) is 13.1. The Hall–Kier alpha value is -2.96. The van der Waals surface area contributed by atoms with E-state index >= 15 is 0 Å². The van der Waals surface area contributed by atoms with Gasteiger partial charge in [0, 0.05) is 25.2 Å². The maximum absolute atomic E-state index is 13.7. The van der Waals surface area contributed by atoms with E-state index in [1.165, 1.54) is 9.91 Å². The third-order valence-electron chi connectivity index (χ3n) is 7.95. The zero-order valence-electron chi connectivity index (χ0n) is 27.7. The minimum atomic E-state index is -1.76. The van der Waals surface area contributed by atoms with Gasteiger partial charge in [0.05, 0.1) is 17.2 Å². The molecule has 2 heterocycles. The first-order valence-corrected chi connectivity index (χ1v) is 16.6. The first-order chi connectivity index (χ1) is 21.8. The van der Waals surface area contributed by atoms with Crippen LogP contribution in [0.4, 0.5) is 0 Å². The summed E-state index contributed by atoms with van der Waals surface area (Å²) in [5, 5.41) is 15.8. The van der Waals surface area contributed by atoms with Gasteiger partial charge >= 0.3 is 5.97 Å². The van der Waals surface area contributed by atoms with E-state index in [9.17, 15) is 24.3 Å². The fraction of sp³-hybridized carbons (Fsp3) is 0.545. The fourth-order valence-corrected chi connectivity index (χ4v) is 5.53. The SMILES string of the molecule is CC(NC(=O)C(C(C)C)N(C)C(=O)C(C)(C)C=Cc1cc2cc(C(C)O)ccc2cn1)C(=O)N1CCCC(C(=O)OCC(Cl)(Cl)Cl)N1. The molecule has 1 aromatic heterocycles. The lowest BCUT2D eigenvalue weighted by molar-refractivity contribution is -0.153. The number of alkyl halides is 3. The molecule has 2 aromatic rings. The molecule has 14 heteroatoms. The molecular weight excluding hydrogens is 669 g/mol. The quantitative estimate of drug-likeness (QED) is 0.225. The molecule has 1 aliphatic heterocycles. The molecule has 1 fully saturated rings. The Morgan fingerprint density at radius 1 is 1.15 bits per heavy atom. The van der Waals surface area contributed by atoms with E-state index in [1.807, 2.05) is 38.1 Å². The molecule has 0 radical (unpaired) electrons. The third-order valence-corrected chi connectivity index (χ3v) is 8.28. The van der Waals surface area contributed by atoms with E-state index in [0.29, 0.717) is 25.1 Å². The van der Waals surface area contributed by atoms with Gasteiger partial charge in [-0.25, -0.2) is 5.43 Å². The number of amides is 3. The van der Waals surface area contributed by atoms with Crippen LogP contribution in [0, 0.1) is 11.3 Å². The molecule has 47 heavy (non-hydrogen) atoms. The summed E-state index contributed by atoms with van der Waals surface area (Å²) in [6.45, 7) is 10.3. The number of aromatic nitrogens is 1. The predicted molar refractivity (Wildman–Crippen MR) is 183 cm³/mol. The molecular formula is C33H44Cl3N5O6. The number of halogens is 3. The average molecular weight is 713 g/mol. The molecule has 4 atom stereocenters. The van der Waals surface area contributed by atoms with Gasteiger partial charge in [-0.2, -0.15) is 0 Å². The highest BCUT2D eigenvalue weighted by Crippen LogP contribution is 2.27. The fourth-order valence-electron chi connectivity index (χ4n) is 5.36.